The third-order valence-corrected chi connectivity index (χ3v) is 7.56. The van der Waals surface area contributed by atoms with E-state index >= 15 is 0 Å². The van der Waals surface area contributed by atoms with Gasteiger partial charge in [0.15, 0.2) is 5.13 Å². The molecule has 0 radical (unpaired) electrons. The molecule has 1 aliphatic rings. The largest absolute Gasteiger partial charge is 0.507 e. The standard InChI is InChI=1S/C30H28N2O6S/c1-4-5-15-38-22-8-6-7-19(16-22)27(33)25-26(18-9-11-20(36-2)12-10-18)32(29(35)28(25)34)30-31-23-14-13-21(37-3)17-24(23)39-30/h6-14,16-17,26,33H,4-5,15H2,1-3H3/b27-25+. The fourth-order valence-corrected chi connectivity index (χ4v) is 5.50. The van der Waals surface area contributed by atoms with Crippen molar-refractivity contribution in [2.45, 2.75) is 25.8 Å². The molecule has 2 heterocycles. The van der Waals surface area contributed by atoms with Crippen molar-refractivity contribution in [3.8, 4) is 17.2 Å². The number of ketones is 1. The van der Waals surface area contributed by atoms with Crippen LogP contribution < -0.4 is 19.1 Å². The number of carbonyl (C=O) groups excluding carboxylic acids is 2. The van der Waals surface area contributed by atoms with E-state index in [-0.39, 0.29) is 11.3 Å². The molecule has 1 amide bonds. The molecular weight excluding hydrogens is 516 g/mol. The average Bonchev–Trinajstić information content (AvgIpc) is 3.50. The smallest absolute Gasteiger partial charge is 0.301 e. The number of carbonyl (C=O) groups is 2. The van der Waals surface area contributed by atoms with Gasteiger partial charge in [0.25, 0.3) is 5.78 Å². The van der Waals surface area contributed by atoms with E-state index < -0.39 is 17.7 Å². The van der Waals surface area contributed by atoms with Gasteiger partial charge in [-0.05, 0) is 54.4 Å². The zero-order valence-corrected chi connectivity index (χ0v) is 22.7. The highest BCUT2D eigenvalue weighted by Crippen LogP contribution is 2.45. The molecule has 1 unspecified atom stereocenters. The molecule has 1 N–H and O–H groups in total. The van der Waals surface area contributed by atoms with Crippen LogP contribution in [0.15, 0.2) is 72.3 Å². The van der Waals surface area contributed by atoms with Crippen molar-refractivity contribution in [2.75, 3.05) is 25.7 Å². The first-order valence-corrected chi connectivity index (χ1v) is 13.4. The second kappa shape index (κ2) is 11.2. The van der Waals surface area contributed by atoms with Gasteiger partial charge >= 0.3 is 5.91 Å². The Labute approximate surface area is 230 Å². The van der Waals surface area contributed by atoms with E-state index in [4.69, 9.17) is 14.2 Å². The van der Waals surface area contributed by atoms with E-state index in [2.05, 4.69) is 11.9 Å². The third kappa shape index (κ3) is 5.05. The number of hydrogen-bond acceptors (Lipinski definition) is 8. The van der Waals surface area contributed by atoms with Gasteiger partial charge in [-0.15, -0.1) is 0 Å². The van der Waals surface area contributed by atoms with Gasteiger partial charge < -0.3 is 19.3 Å². The molecule has 0 spiro atoms. The molecule has 0 bridgehead atoms. The quantitative estimate of drug-likeness (QED) is 0.117. The van der Waals surface area contributed by atoms with E-state index in [1.54, 1.807) is 74.9 Å². The first-order valence-electron chi connectivity index (χ1n) is 12.6. The van der Waals surface area contributed by atoms with Crippen LogP contribution in [0.1, 0.15) is 36.9 Å². The number of ether oxygens (including phenoxy) is 3. The number of aliphatic hydroxyl groups excluding tert-OH is 1. The Kier molecular flexibility index (Phi) is 7.51. The number of hydrogen-bond donors (Lipinski definition) is 1. The van der Waals surface area contributed by atoms with Gasteiger partial charge in [0.1, 0.15) is 23.0 Å². The number of benzene rings is 3. The lowest BCUT2D eigenvalue weighted by Crippen LogP contribution is -2.29. The summed E-state index contributed by atoms with van der Waals surface area (Å²) >= 11 is 1.27. The molecule has 1 aliphatic heterocycles. The maximum absolute atomic E-state index is 13.5. The number of fused-ring (bicyclic) bond motifs is 1. The first-order chi connectivity index (χ1) is 18.9. The fourth-order valence-electron chi connectivity index (χ4n) is 4.48. The molecule has 1 atom stereocenters. The predicted octanol–water partition coefficient (Wildman–Crippen LogP) is 6.12. The monoisotopic (exact) mass is 544 g/mol. The minimum Gasteiger partial charge on any atom is -0.507 e. The van der Waals surface area contributed by atoms with Crippen molar-refractivity contribution in [1.29, 1.82) is 0 Å². The number of Topliss-reactive ketones (excluding diaryl/α,β-unsaturated/α-hetero) is 1. The maximum atomic E-state index is 13.5. The Morgan fingerprint density at radius 3 is 2.44 bits per heavy atom. The van der Waals surface area contributed by atoms with Crippen LogP contribution in [-0.2, 0) is 9.59 Å². The number of aliphatic hydroxyl groups is 1. The number of amides is 1. The normalized spacial score (nSPS) is 16.6. The van der Waals surface area contributed by atoms with Crippen molar-refractivity contribution in [2.24, 2.45) is 0 Å². The number of unbranched alkanes of at least 4 members (excludes halogenated alkanes) is 1. The summed E-state index contributed by atoms with van der Waals surface area (Å²) in [4.78, 5) is 33.0. The summed E-state index contributed by atoms with van der Waals surface area (Å²) < 4.78 is 17.2. The highest BCUT2D eigenvalue weighted by molar-refractivity contribution is 7.22. The highest BCUT2D eigenvalue weighted by Gasteiger charge is 2.48. The van der Waals surface area contributed by atoms with E-state index in [9.17, 15) is 14.7 Å². The van der Waals surface area contributed by atoms with E-state index in [0.717, 1.165) is 17.5 Å². The van der Waals surface area contributed by atoms with Crippen LogP contribution >= 0.6 is 11.3 Å². The molecule has 4 aromatic rings. The number of nitrogens with zero attached hydrogens (tertiary/aromatic N) is 2. The molecule has 8 nitrogen and oxygen atoms in total. The Balaban J connectivity index is 1.64. The Morgan fingerprint density at radius 1 is 0.974 bits per heavy atom. The molecular formula is C30H28N2O6S. The van der Waals surface area contributed by atoms with Crippen LogP contribution in [0.2, 0.25) is 0 Å². The summed E-state index contributed by atoms with van der Waals surface area (Å²) in [5, 5.41) is 11.8. The number of anilines is 1. The lowest BCUT2D eigenvalue weighted by molar-refractivity contribution is -0.132. The van der Waals surface area contributed by atoms with Gasteiger partial charge in [0.2, 0.25) is 0 Å². The lowest BCUT2D eigenvalue weighted by atomic mass is 9.95. The minimum atomic E-state index is -0.900. The second-order valence-corrected chi connectivity index (χ2v) is 10.0. The van der Waals surface area contributed by atoms with Crippen LogP contribution in [-0.4, -0.2) is 42.6 Å². The van der Waals surface area contributed by atoms with E-state index in [0.29, 0.717) is 45.6 Å². The van der Waals surface area contributed by atoms with Crippen molar-refractivity contribution in [3.05, 3.63) is 83.4 Å². The van der Waals surface area contributed by atoms with Gasteiger partial charge in [0, 0.05) is 5.56 Å². The molecule has 3 aromatic carbocycles. The molecule has 39 heavy (non-hydrogen) atoms. The predicted molar refractivity (Wildman–Crippen MR) is 151 cm³/mol. The Hall–Kier alpha value is -4.37. The van der Waals surface area contributed by atoms with Crippen molar-refractivity contribution >= 4 is 44.1 Å². The van der Waals surface area contributed by atoms with Crippen LogP contribution in [0.25, 0.3) is 16.0 Å². The van der Waals surface area contributed by atoms with Gasteiger partial charge in [-0.25, -0.2) is 4.98 Å². The number of aromatic nitrogens is 1. The molecule has 1 saturated heterocycles. The number of thiazole rings is 1. The number of rotatable bonds is 9. The van der Waals surface area contributed by atoms with Crippen molar-refractivity contribution < 1.29 is 28.9 Å². The topological polar surface area (TPSA) is 98.2 Å². The number of methoxy groups -OCH3 is 2. The van der Waals surface area contributed by atoms with Crippen LogP contribution in [0.3, 0.4) is 0 Å². The molecule has 9 heteroatoms. The van der Waals surface area contributed by atoms with Crippen molar-refractivity contribution in [3.63, 3.8) is 0 Å². The SMILES string of the molecule is CCCCOc1cccc(/C(O)=C2\C(=O)C(=O)N(c3nc4ccc(OC)cc4s3)C2c2ccc(OC)cc2)c1. The minimum absolute atomic E-state index is 0.0206. The van der Waals surface area contributed by atoms with Crippen molar-refractivity contribution in [1.82, 2.24) is 4.98 Å². The summed E-state index contributed by atoms with van der Waals surface area (Å²) in [5.41, 5.74) is 1.66. The summed E-state index contributed by atoms with van der Waals surface area (Å²) in [7, 11) is 3.14. The van der Waals surface area contributed by atoms with E-state index in [1.165, 1.54) is 16.2 Å². The lowest BCUT2D eigenvalue weighted by Gasteiger charge is -2.23. The molecule has 200 valence electrons. The van der Waals surface area contributed by atoms with Crippen LogP contribution in [0.5, 0.6) is 17.2 Å². The van der Waals surface area contributed by atoms with Crippen LogP contribution in [0.4, 0.5) is 5.13 Å². The Morgan fingerprint density at radius 2 is 1.72 bits per heavy atom. The Bertz CT molecular complexity index is 1560. The average molecular weight is 545 g/mol. The zero-order valence-electron chi connectivity index (χ0n) is 21.8. The summed E-state index contributed by atoms with van der Waals surface area (Å²) in [5.74, 6) is 0.0247. The van der Waals surface area contributed by atoms with E-state index in [1.807, 2.05) is 6.07 Å². The molecule has 0 saturated carbocycles. The third-order valence-electron chi connectivity index (χ3n) is 6.54. The fraction of sp³-hybridized carbons (Fsp3) is 0.233. The highest BCUT2D eigenvalue weighted by atomic mass is 32.1. The zero-order chi connectivity index (χ0) is 27.5. The van der Waals surface area contributed by atoms with Gasteiger partial charge in [-0.3, -0.25) is 14.5 Å². The van der Waals surface area contributed by atoms with Crippen LogP contribution in [0, 0.1) is 0 Å². The summed E-state index contributed by atoms with van der Waals surface area (Å²) in [6, 6.07) is 18.5. The maximum Gasteiger partial charge on any atom is 0.301 e. The molecule has 0 aliphatic carbocycles. The molecule has 1 aromatic heterocycles. The van der Waals surface area contributed by atoms with Gasteiger partial charge in [-0.2, -0.15) is 0 Å². The summed E-state index contributed by atoms with van der Waals surface area (Å²) in [6.07, 6.45) is 1.89. The first kappa shape index (κ1) is 26.2. The summed E-state index contributed by atoms with van der Waals surface area (Å²) in [6.45, 7) is 2.62. The van der Waals surface area contributed by atoms with Gasteiger partial charge in [0.05, 0.1) is 42.7 Å². The van der Waals surface area contributed by atoms with Gasteiger partial charge in [-0.1, -0.05) is 48.9 Å². The second-order valence-electron chi connectivity index (χ2n) is 9.00. The molecule has 5 rings (SSSR count). The molecule has 1 fully saturated rings.